The van der Waals surface area contributed by atoms with E-state index >= 15 is 0 Å². The molecule has 2 rings (SSSR count). The molecule has 7 nitrogen and oxygen atoms in total. The molecular weight excluding hydrogens is 298 g/mol. The Morgan fingerprint density at radius 3 is 2.74 bits per heavy atom. The molecule has 1 amide bonds. The average molecular weight is 323 g/mol. The van der Waals surface area contributed by atoms with Crippen LogP contribution >= 0.6 is 0 Å². The van der Waals surface area contributed by atoms with E-state index in [2.05, 4.69) is 5.10 Å². The van der Waals surface area contributed by atoms with Crippen LogP contribution in [0.4, 0.5) is 0 Å². The minimum Gasteiger partial charge on any atom is -0.481 e. The Morgan fingerprint density at radius 2 is 2.13 bits per heavy atom. The monoisotopic (exact) mass is 323 g/mol. The van der Waals surface area contributed by atoms with Gasteiger partial charge in [-0.15, -0.1) is 0 Å². The minimum absolute atomic E-state index is 0.000968. The molecule has 128 valence electrons. The van der Waals surface area contributed by atoms with Gasteiger partial charge < -0.3 is 14.7 Å². The summed E-state index contributed by atoms with van der Waals surface area (Å²) in [4.78, 5) is 24.8. The number of ether oxygens (including phenoxy) is 1. The van der Waals surface area contributed by atoms with E-state index < -0.39 is 5.97 Å². The van der Waals surface area contributed by atoms with Gasteiger partial charge in [0.05, 0.1) is 5.69 Å². The summed E-state index contributed by atoms with van der Waals surface area (Å²) >= 11 is 0. The number of aliphatic carboxylic acids is 1. The molecule has 23 heavy (non-hydrogen) atoms. The maximum Gasteiger partial charge on any atom is 0.303 e. The molecule has 1 N–H and O–H groups in total. The molecule has 1 fully saturated rings. The second-order valence-corrected chi connectivity index (χ2v) is 6.19. The second kappa shape index (κ2) is 7.48. The molecule has 1 saturated heterocycles. The molecule has 0 aromatic carbocycles. The molecule has 1 unspecified atom stereocenters. The molecule has 1 aliphatic rings. The normalized spacial score (nSPS) is 18.0. The summed E-state index contributed by atoms with van der Waals surface area (Å²) in [5, 5.41) is 13.0. The summed E-state index contributed by atoms with van der Waals surface area (Å²) in [6.45, 7) is 5.11. The molecular formula is C16H25N3O4. The van der Waals surface area contributed by atoms with E-state index in [1.807, 2.05) is 20.9 Å². The Bertz CT molecular complexity index is 582. The van der Waals surface area contributed by atoms with Gasteiger partial charge in [-0.05, 0) is 39.0 Å². The third-order valence-electron chi connectivity index (χ3n) is 4.42. The van der Waals surface area contributed by atoms with Crippen LogP contribution < -0.4 is 4.74 Å². The summed E-state index contributed by atoms with van der Waals surface area (Å²) < 4.78 is 7.40. The predicted octanol–water partition coefficient (Wildman–Crippen LogP) is 1.52. The smallest absolute Gasteiger partial charge is 0.303 e. The number of carbonyl (C=O) groups is 2. The first-order valence-electron chi connectivity index (χ1n) is 8.01. The van der Waals surface area contributed by atoms with Crippen molar-refractivity contribution >= 4 is 11.9 Å². The van der Waals surface area contributed by atoms with Crippen molar-refractivity contribution in [1.29, 1.82) is 0 Å². The molecule has 0 bridgehead atoms. The molecule has 2 heterocycles. The summed E-state index contributed by atoms with van der Waals surface area (Å²) in [7, 11) is 1.84. The largest absolute Gasteiger partial charge is 0.481 e. The molecule has 1 atom stereocenters. The van der Waals surface area contributed by atoms with E-state index in [9.17, 15) is 9.59 Å². The van der Waals surface area contributed by atoms with Crippen molar-refractivity contribution in [3.05, 3.63) is 11.4 Å². The molecule has 0 aliphatic carbocycles. The molecule has 1 aromatic rings. The maximum absolute atomic E-state index is 12.3. The minimum atomic E-state index is -0.778. The van der Waals surface area contributed by atoms with Crippen LogP contribution in [0.25, 0.3) is 0 Å². The number of nitrogens with zero attached hydrogens (tertiary/aromatic N) is 3. The quantitative estimate of drug-likeness (QED) is 0.858. The first-order valence-corrected chi connectivity index (χ1v) is 8.01. The van der Waals surface area contributed by atoms with Gasteiger partial charge in [-0.3, -0.25) is 14.3 Å². The van der Waals surface area contributed by atoms with Crippen LogP contribution in [0.2, 0.25) is 0 Å². The molecule has 7 heteroatoms. The second-order valence-electron chi connectivity index (χ2n) is 6.19. The number of likely N-dealkylation sites (tertiary alicyclic amines) is 1. The molecule has 1 aromatic heterocycles. The summed E-state index contributed by atoms with van der Waals surface area (Å²) in [6.07, 6.45) is 2.69. The van der Waals surface area contributed by atoms with Gasteiger partial charge in [0.25, 0.3) is 5.91 Å². The van der Waals surface area contributed by atoms with Gasteiger partial charge >= 0.3 is 5.97 Å². The fraction of sp³-hybridized carbons (Fsp3) is 0.688. The van der Waals surface area contributed by atoms with Crippen LogP contribution in [-0.4, -0.2) is 51.4 Å². The van der Waals surface area contributed by atoms with Crippen molar-refractivity contribution in [1.82, 2.24) is 14.7 Å². The highest BCUT2D eigenvalue weighted by atomic mass is 16.5. The van der Waals surface area contributed by atoms with Crippen molar-refractivity contribution in [3.8, 4) is 5.75 Å². The highest BCUT2D eigenvalue weighted by molar-refractivity contribution is 5.78. The van der Waals surface area contributed by atoms with Crippen LogP contribution in [0.5, 0.6) is 5.75 Å². The van der Waals surface area contributed by atoms with Crippen LogP contribution in [0.15, 0.2) is 0 Å². The molecule has 0 spiro atoms. The lowest BCUT2D eigenvalue weighted by molar-refractivity contribution is -0.137. The van der Waals surface area contributed by atoms with Gasteiger partial charge in [-0.2, -0.15) is 5.10 Å². The lowest BCUT2D eigenvalue weighted by Gasteiger charge is -2.32. The van der Waals surface area contributed by atoms with Crippen molar-refractivity contribution in [2.75, 3.05) is 19.7 Å². The van der Waals surface area contributed by atoms with Crippen LogP contribution in [-0.2, 0) is 16.6 Å². The fourth-order valence-electron chi connectivity index (χ4n) is 3.04. The van der Waals surface area contributed by atoms with Gasteiger partial charge in [0.2, 0.25) is 0 Å². The zero-order valence-electron chi connectivity index (χ0n) is 14.0. The first-order chi connectivity index (χ1) is 10.9. The van der Waals surface area contributed by atoms with Gasteiger partial charge in [0.15, 0.2) is 12.4 Å². The van der Waals surface area contributed by atoms with Gasteiger partial charge in [-0.1, -0.05) is 0 Å². The number of hydrogen-bond acceptors (Lipinski definition) is 4. The van der Waals surface area contributed by atoms with E-state index in [-0.39, 0.29) is 24.9 Å². The van der Waals surface area contributed by atoms with E-state index in [1.165, 1.54) is 0 Å². The van der Waals surface area contributed by atoms with Gasteiger partial charge in [-0.25, -0.2) is 0 Å². The molecule has 0 saturated carbocycles. The SMILES string of the molecule is Cc1nn(C)c(C)c1OCC(=O)N1CCCC(CCC(=O)O)C1. The van der Waals surface area contributed by atoms with Crippen LogP contribution in [0, 0.1) is 19.8 Å². The van der Waals surface area contributed by atoms with E-state index in [1.54, 1.807) is 9.58 Å². The van der Waals surface area contributed by atoms with E-state index in [4.69, 9.17) is 9.84 Å². The third kappa shape index (κ3) is 4.46. The Labute approximate surface area is 136 Å². The summed E-state index contributed by atoms with van der Waals surface area (Å²) in [6, 6.07) is 0. The maximum atomic E-state index is 12.3. The lowest BCUT2D eigenvalue weighted by Crippen LogP contribution is -2.42. The highest BCUT2D eigenvalue weighted by Gasteiger charge is 2.24. The Hall–Kier alpha value is -2.05. The van der Waals surface area contributed by atoms with Gasteiger partial charge in [0.1, 0.15) is 5.69 Å². The van der Waals surface area contributed by atoms with Gasteiger partial charge in [0, 0.05) is 26.6 Å². The number of aryl methyl sites for hydroxylation is 2. The number of carbonyl (C=O) groups excluding carboxylic acids is 1. The number of amides is 1. The van der Waals surface area contributed by atoms with Crippen molar-refractivity contribution in [2.24, 2.45) is 13.0 Å². The van der Waals surface area contributed by atoms with Crippen molar-refractivity contribution in [3.63, 3.8) is 0 Å². The number of hydrogen-bond donors (Lipinski definition) is 1. The number of carboxylic acids is 1. The molecule has 0 radical (unpaired) electrons. The Kier molecular flexibility index (Phi) is 5.63. The standard InChI is InChI=1S/C16H25N3O4/c1-11-16(12(2)18(3)17-11)23-10-14(20)19-8-4-5-13(9-19)6-7-15(21)22/h13H,4-10H2,1-3H3,(H,21,22). The zero-order valence-corrected chi connectivity index (χ0v) is 14.0. The van der Waals surface area contributed by atoms with Crippen molar-refractivity contribution < 1.29 is 19.4 Å². The van der Waals surface area contributed by atoms with E-state index in [0.29, 0.717) is 18.7 Å². The zero-order chi connectivity index (χ0) is 17.0. The molecule has 1 aliphatic heterocycles. The summed E-state index contributed by atoms with van der Waals surface area (Å²) in [5.41, 5.74) is 1.67. The topological polar surface area (TPSA) is 84.7 Å². The lowest BCUT2D eigenvalue weighted by atomic mass is 9.93. The highest BCUT2D eigenvalue weighted by Crippen LogP contribution is 2.23. The average Bonchev–Trinajstić information content (AvgIpc) is 2.76. The van der Waals surface area contributed by atoms with Crippen LogP contribution in [0.3, 0.4) is 0 Å². The number of piperidine rings is 1. The Balaban J connectivity index is 1.86. The Morgan fingerprint density at radius 1 is 1.39 bits per heavy atom. The predicted molar refractivity (Wildman–Crippen MR) is 84.4 cm³/mol. The third-order valence-corrected chi connectivity index (χ3v) is 4.42. The number of aromatic nitrogens is 2. The van der Waals surface area contributed by atoms with Crippen LogP contribution in [0.1, 0.15) is 37.1 Å². The summed E-state index contributed by atoms with van der Waals surface area (Å²) in [5.74, 6) is 0.109. The first kappa shape index (κ1) is 17.3. The number of carboxylic acid groups (broad SMARTS) is 1. The number of rotatable bonds is 6. The van der Waals surface area contributed by atoms with E-state index in [0.717, 1.165) is 30.8 Å². The fourth-order valence-corrected chi connectivity index (χ4v) is 3.04. The van der Waals surface area contributed by atoms with Crippen molar-refractivity contribution in [2.45, 2.75) is 39.5 Å².